The molecule has 347 valence electrons. The molecule has 3 radical (unpaired) electrons. The Morgan fingerprint density at radius 3 is 0.545 bits per heavy atom. The molecule has 0 spiro atoms. The molecule has 66 heavy (non-hydrogen) atoms. The van der Waals surface area contributed by atoms with E-state index in [2.05, 4.69) is 114 Å². The normalized spacial score (nSPS) is 9.30. The number of benzene rings is 7. The molecule has 0 saturated heterocycles. The molecule has 0 aliphatic rings. The van der Waals surface area contributed by atoms with E-state index in [1.165, 1.54) is 34.4 Å². The van der Waals surface area contributed by atoms with Crippen LogP contribution in [-0.2, 0) is 107 Å². The Kier molecular flexibility index (Phi) is 43.5. The van der Waals surface area contributed by atoms with Crippen LogP contribution in [0.2, 0.25) is 0 Å². The zero-order chi connectivity index (χ0) is 44.9. The molecule has 0 N–H and O–H groups in total. The van der Waals surface area contributed by atoms with Gasteiger partial charge in [0.05, 0.1) is 0 Å². The summed E-state index contributed by atoms with van der Waals surface area (Å²) in [4.78, 5) is 0. The third-order valence-corrected chi connectivity index (χ3v) is 15.9. The van der Waals surface area contributed by atoms with E-state index in [1.54, 1.807) is 0 Å². The molecule has 7 aromatic rings. The maximum absolute atomic E-state index is 13.0. The van der Waals surface area contributed by atoms with Crippen LogP contribution >= 0.6 is 14.3 Å². The van der Waals surface area contributed by atoms with Crippen LogP contribution < -0.4 is 21.2 Å². The van der Waals surface area contributed by atoms with Crippen molar-refractivity contribution in [2.24, 2.45) is 0 Å². The van der Waals surface area contributed by atoms with Crippen molar-refractivity contribution in [3.63, 3.8) is 0 Å². The third-order valence-electron chi connectivity index (χ3n) is 9.64. The van der Waals surface area contributed by atoms with Gasteiger partial charge < -0.3 is 24.0 Å². The van der Waals surface area contributed by atoms with Crippen LogP contribution in [0.15, 0.2) is 212 Å². The van der Waals surface area contributed by atoms with Gasteiger partial charge in [0.2, 0.25) is 0 Å². The van der Waals surface area contributed by atoms with Crippen LogP contribution in [-0.4, -0.2) is 12.3 Å². The molecule has 2 nitrogen and oxygen atoms in total. The Balaban J connectivity index is -0.000000362. The van der Waals surface area contributed by atoms with Crippen molar-refractivity contribution < 1.29 is 107 Å². The molecule has 7 heteroatoms. The van der Waals surface area contributed by atoms with Crippen LogP contribution in [0.3, 0.4) is 0 Å². The van der Waals surface area contributed by atoms with Crippen molar-refractivity contribution in [2.45, 2.75) is 69.2 Å². The molecule has 0 aromatic heterocycles. The summed E-state index contributed by atoms with van der Waals surface area (Å²) in [6.45, 7) is 20.7. The second kappa shape index (κ2) is 40.8. The van der Waals surface area contributed by atoms with Crippen LogP contribution in [0.1, 0.15) is 85.9 Å². The standard InChI is InChI=1S/2C14H15OP.3C9H11.C2H6.2CH3.3Y/c2*1-2-16(15,13-9-5-3-6-10-13)14-11-7-4-8-12-14;3*1-8(2)9-6-4-3-5-7-9;1-2;;;;;/h2*3-12H,2H2,1H3;3*3-7H,1-2H3;1-2H3;2*1H3;;;/q;;3*-1;;2*-1;;;. The molecule has 0 atom stereocenters. The van der Waals surface area contributed by atoms with Gasteiger partial charge in [0.15, 0.2) is 0 Å². The molecule has 0 heterocycles. The summed E-state index contributed by atoms with van der Waals surface area (Å²) in [6, 6.07) is 70.2. The van der Waals surface area contributed by atoms with Crippen molar-refractivity contribution >= 4 is 35.5 Å². The average Bonchev–Trinajstić information content (AvgIpc) is 3.34. The summed E-state index contributed by atoms with van der Waals surface area (Å²) < 4.78 is 26.0. The van der Waals surface area contributed by atoms with Crippen LogP contribution in [0.5, 0.6) is 0 Å². The van der Waals surface area contributed by atoms with Crippen molar-refractivity contribution in [3.8, 4) is 0 Å². The van der Waals surface area contributed by atoms with Crippen molar-refractivity contribution in [1.29, 1.82) is 0 Å². The molecule has 7 aromatic carbocycles. The van der Waals surface area contributed by atoms with Crippen LogP contribution in [0.25, 0.3) is 0 Å². The molecule has 0 fully saturated rings. The Labute approximate surface area is 480 Å². The fourth-order valence-electron chi connectivity index (χ4n) is 6.02. The monoisotopic (exact) mass is 1140 g/mol. The van der Waals surface area contributed by atoms with Crippen LogP contribution in [0.4, 0.5) is 0 Å². The molecule has 0 bridgehead atoms. The Morgan fingerprint density at radius 2 is 0.439 bits per heavy atom. The van der Waals surface area contributed by atoms with Crippen molar-refractivity contribution in [2.75, 3.05) is 12.3 Å². The molecule has 0 aliphatic heterocycles. The summed E-state index contributed by atoms with van der Waals surface area (Å²) in [6.07, 6.45) is 1.34. The first kappa shape index (κ1) is 70.5. The fourth-order valence-corrected chi connectivity index (χ4v) is 10.7. The van der Waals surface area contributed by atoms with E-state index in [1.807, 2.05) is 167 Å². The van der Waals surface area contributed by atoms with Gasteiger partial charge in [0.1, 0.15) is 14.3 Å². The summed E-state index contributed by atoms with van der Waals surface area (Å²) in [5, 5.41) is 3.79. The molecule has 0 aliphatic carbocycles. The van der Waals surface area contributed by atoms with Gasteiger partial charge in [-0.3, -0.25) is 0 Å². The van der Waals surface area contributed by atoms with Gasteiger partial charge in [-0.25, -0.2) is 0 Å². The van der Waals surface area contributed by atoms with E-state index >= 15 is 0 Å². The first-order valence-electron chi connectivity index (χ1n) is 21.4. The minimum Gasteiger partial charge on any atom is -0.358 e. The molecule has 0 amide bonds. The van der Waals surface area contributed by atoms with Crippen molar-refractivity contribution in [1.82, 2.24) is 0 Å². The summed E-state index contributed by atoms with van der Waals surface area (Å²) >= 11 is 0. The minimum atomic E-state index is -2.40. The second-order valence-corrected chi connectivity index (χ2v) is 20.8. The predicted molar refractivity (Wildman–Crippen MR) is 285 cm³/mol. The quantitative estimate of drug-likeness (QED) is 0.107. The molecule has 0 unspecified atom stereocenters. The Bertz CT molecular complexity index is 1920. The first-order chi connectivity index (χ1) is 29.5. The van der Waals surface area contributed by atoms with E-state index in [0.29, 0.717) is 12.3 Å². The van der Waals surface area contributed by atoms with Gasteiger partial charge in [0, 0.05) is 132 Å². The Morgan fingerprint density at radius 1 is 0.303 bits per heavy atom. The minimum absolute atomic E-state index is 0. The average molecular weight is 1140 g/mol. The van der Waals surface area contributed by atoms with E-state index in [-0.39, 0.29) is 113 Å². The van der Waals surface area contributed by atoms with E-state index < -0.39 is 14.3 Å². The summed E-state index contributed by atoms with van der Waals surface area (Å²) in [7, 11) is -4.81. The molecular weight excluding hydrogens is 1070 g/mol. The third kappa shape index (κ3) is 25.0. The smallest absolute Gasteiger partial charge is 0.142 e. The molecule has 0 saturated carbocycles. The topological polar surface area (TPSA) is 34.1 Å². The van der Waals surface area contributed by atoms with Gasteiger partial charge in [0.25, 0.3) is 0 Å². The van der Waals surface area contributed by atoms with Crippen LogP contribution in [0, 0.1) is 32.6 Å². The molecule has 7 rings (SSSR count). The van der Waals surface area contributed by atoms with E-state index in [9.17, 15) is 9.13 Å². The zero-order valence-corrected chi connectivity index (χ0v) is 52.4. The second-order valence-electron chi connectivity index (χ2n) is 14.6. The van der Waals surface area contributed by atoms with Gasteiger partial charge >= 0.3 is 0 Å². The summed E-state index contributed by atoms with van der Waals surface area (Å²) in [5.41, 5.74) is 3.99. The maximum atomic E-state index is 13.0. The maximum Gasteiger partial charge on any atom is 0.142 e. The number of hydrogen-bond acceptors (Lipinski definition) is 2. The zero-order valence-electron chi connectivity index (χ0n) is 42.1. The number of hydrogen-bond donors (Lipinski definition) is 0. The fraction of sp³-hybridized carbons (Fsp3) is 0.203. The first-order valence-corrected chi connectivity index (χ1v) is 25.2. The molecular formula is C59H75O2P2Y3-5. The van der Waals surface area contributed by atoms with E-state index in [0.717, 1.165) is 21.2 Å². The largest absolute Gasteiger partial charge is 0.358 e. The van der Waals surface area contributed by atoms with Gasteiger partial charge in [-0.15, -0.1) is 36.4 Å². The van der Waals surface area contributed by atoms with Gasteiger partial charge in [-0.1, -0.05) is 209 Å². The number of rotatable bonds is 9. The van der Waals surface area contributed by atoms with Crippen molar-refractivity contribution in [3.05, 3.63) is 262 Å². The summed E-state index contributed by atoms with van der Waals surface area (Å²) in [5.74, 6) is 4.11. The predicted octanol–water partition coefficient (Wildman–Crippen LogP) is 15.9. The SMILES string of the molecule is CC.CCP(=O)(c1ccccc1)c1ccccc1.CCP(=O)(c1ccccc1)c1ccccc1.C[C-](C)c1ccccc1.C[C-](C)c1ccccc1.C[C-](C)c1ccccc1.[CH3-].[CH3-].[Y].[Y].[Y]. The Hall–Kier alpha value is -2.08. The van der Waals surface area contributed by atoms with Gasteiger partial charge in [-0.05, 0) is 0 Å². The van der Waals surface area contributed by atoms with Gasteiger partial charge in [-0.2, -0.15) is 70.8 Å². The van der Waals surface area contributed by atoms with E-state index in [4.69, 9.17) is 0 Å².